The number of benzene rings is 2. The second-order valence-corrected chi connectivity index (χ2v) is 8.30. The number of hydrogen-bond acceptors (Lipinski definition) is 4. The lowest BCUT2D eigenvalue weighted by molar-refractivity contribution is -0.125. The third kappa shape index (κ3) is 6.46. The van der Waals surface area contributed by atoms with Crippen molar-refractivity contribution in [2.75, 3.05) is 31.8 Å². The second-order valence-electron chi connectivity index (χ2n) is 6.88. The first kappa shape index (κ1) is 22.1. The van der Waals surface area contributed by atoms with Gasteiger partial charge in [0.15, 0.2) is 0 Å². The molecule has 1 N–H and O–H groups in total. The number of nitrogens with zero attached hydrogens (tertiary/aromatic N) is 1. The van der Waals surface area contributed by atoms with Crippen molar-refractivity contribution in [3.05, 3.63) is 53.1 Å². The standard InChI is InChI=1S/C21H25ClN2O3S/c1-14(2)12-27-18-10-9-15(11-17(18)22)23-21(26)16-7-5-6-8-19(16)28-13-20(25)24(3)4/h5-11,14H,12-13H2,1-4H3,(H,23,26). The fourth-order valence-electron chi connectivity index (χ4n) is 2.20. The molecule has 0 aliphatic heterocycles. The summed E-state index contributed by atoms with van der Waals surface area (Å²) in [5, 5.41) is 3.30. The van der Waals surface area contributed by atoms with E-state index < -0.39 is 0 Å². The van der Waals surface area contributed by atoms with Crippen LogP contribution in [0.4, 0.5) is 5.69 Å². The minimum absolute atomic E-state index is 0.0102. The number of amides is 2. The highest BCUT2D eigenvalue weighted by Gasteiger charge is 2.14. The summed E-state index contributed by atoms with van der Waals surface area (Å²) in [7, 11) is 3.42. The van der Waals surface area contributed by atoms with Crippen LogP contribution in [0.25, 0.3) is 0 Å². The zero-order valence-corrected chi connectivity index (χ0v) is 18.1. The quantitative estimate of drug-likeness (QED) is 0.623. The predicted octanol–water partition coefficient (Wildman–Crippen LogP) is 4.81. The van der Waals surface area contributed by atoms with Crippen LogP contribution in [0.1, 0.15) is 24.2 Å². The summed E-state index contributed by atoms with van der Waals surface area (Å²) in [6, 6.07) is 12.4. The molecule has 0 aliphatic rings. The zero-order chi connectivity index (χ0) is 20.7. The first-order valence-corrected chi connectivity index (χ1v) is 10.3. The lowest BCUT2D eigenvalue weighted by atomic mass is 10.2. The monoisotopic (exact) mass is 420 g/mol. The first-order chi connectivity index (χ1) is 13.3. The SMILES string of the molecule is CC(C)COc1ccc(NC(=O)c2ccccc2SCC(=O)N(C)C)cc1Cl. The van der Waals surface area contributed by atoms with Gasteiger partial charge in [-0.25, -0.2) is 0 Å². The summed E-state index contributed by atoms with van der Waals surface area (Å²) in [5.74, 6) is 0.983. The summed E-state index contributed by atoms with van der Waals surface area (Å²) in [4.78, 5) is 26.8. The molecule has 28 heavy (non-hydrogen) atoms. The number of nitrogens with one attached hydrogen (secondary N) is 1. The van der Waals surface area contributed by atoms with E-state index in [4.69, 9.17) is 16.3 Å². The number of halogens is 1. The van der Waals surface area contributed by atoms with Crippen molar-refractivity contribution in [3.63, 3.8) is 0 Å². The second kappa shape index (κ2) is 10.4. The first-order valence-electron chi connectivity index (χ1n) is 8.93. The summed E-state index contributed by atoms with van der Waals surface area (Å²) in [6.07, 6.45) is 0. The van der Waals surface area contributed by atoms with Crippen molar-refractivity contribution in [1.82, 2.24) is 4.90 Å². The average Bonchev–Trinajstić information content (AvgIpc) is 2.65. The molecule has 2 amide bonds. The minimum Gasteiger partial charge on any atom is -0.492 e. The van der Waals surface area contributed by atoms with Gasteiger partial charge >= 0.3 is 0 Å². The van der Waals surface area contributed by atoms with Crippen LogP contribution in [0.5, 0.6) is 5.75 Å². The van der Waals surface area contributed by atoms with E-state index in [0.717, 1.165) is 4.90 Å². The van der Waals surface area contributed by atoms with Gasteiger partial charge in [-0.3, -0.25) is 9.59 Å². The fourth-order valence-corrected chi connectivity index (χ4v) is 3.46. The number of anilines is 1. The zero-order valence-electron chi connectivity index (χ0n) is 16.5. The average molecular weight is 421 g/mol. The summed E-state index contributed by atoms with van der Waals surface area (Å²) in [5.41, 5.74) is 1.09. The summed E-state index contributed by atoms with van der Waals surface area (Å²) >= 11 is 7.60. The lowest BCUT2D eigenvalue weighted by Crippen LogP contribution is -2.23. The summed E-state index contributed by atoms with van der Waals surface area (Å²) < 4.78 is 5.65. The Balaban J connectivity index is 2.08. The van der Waals surface area contributed by atoms with E-state index in [1.165, 1.54) is 16.7 Å². The Morgan fingerprint density at radius 3 is 2.54 bits per heavy atom. The molecule has 0 spiro atoms. The van der Waals surface area contributed by atoms with Crippen LogP contribution in [0, 0.1) is 5.92 Å². The molecule has 0 atom stereocenters. The molecule has 5 nitrogen and oxygen atoms in total. The van der Waals surface area contributed by atoms with Crippen molar-refractivity contribution in [2.24, 2.45) is 5.92 Å². The van der Waals surface area contributed by atoms with Gasteiger partial charge < -0.3 is 15.0 Å². The van der Waals surface area contributed by atoms with Gasteiger partial charge in [0.2, 0.25) is 5.91 Å². The van der Waals surface area contributed by atoms with E-state index in [2.05, 4.69) is 19.2 Å². The molecule has 7 heteroatoms. The molecule has 0 unspecified atom stereocenters. The van der Waals surface area contributed by atoms with Crippen molar-refractivity contribution in [3.8, 4) is 5.75 Å². The highest BCUT2D eigenvalue weighted by atomic mass is 35.5. The van der Waals surface area contributed by atoms with Gasteiger partial charge in [0.05, 0.1) is 22.9 Å². The van der Waals surface area contributed by atoms with Crippen LogP contribution in [-0.4, -0.2) is 43.2 Å². The molecule has 2 aromatic rings. The molecule has 0 aliphatic carbocycles. The van der Waals surface area contributed by atoms with Crippen molar-refractivity contribution in [1.29, 1.82) is 0 Å². The van der Waals surface area contributed by atoms with Crippen molar-refractivity contribution in [2.45, 2.75) is 18.7 Å². The number of thioether (sulfide) groups is 1. The summed E-state index contributed by atoms with van der Waals surface area (Å²) in [6.45, 7) is 4.69. The minimum atomic E-state index is -0.257. The molecule has 0 saturated heterocycles. The largest absolute Gasteiger partial charge is 0.492 e. The van der Waals surface area contributed by atoms with Crippen LogP contribution in [-0.2, 0) is 4.79 Å². The van der Waals surface area contributed by atoms with E-state index in [1.807, 2.05) is 12.1 Å². The Morgan fingerprint density at radius 1 is 1.18 bits per heavy atom. The van der Waals surface area contributed by atoms with Gasteiger partial charge in [-0.1, -0.05) is 37.6 Å². The highest BCUT2D eigenvalue weighted by Crippen LogP contribution is 2.29. The Hall–Kier alpha value is -2.18. The Morgan fingerprint density at radius 2 is 1.89 bits per heavy atom. The Labute approximate surface area is 175 Å². The molecular formula is C21H25ClN2O3S. The van der Waals surface area contributed by atoms with E-state index >= 15 is 0 Å². The normalized spacial score (nSPS) is 10.6. The molecule has 150 valence electrons. The maximum Gasteiger partial charge on any atom is 0.256 e. The molecule has 0 aromatic heterocycles. The Bertz CT molecular complexity index is 840. The topological polar surface area (TPSA) is 58.6 Å². The van der Waals surface area contributed by atoms with Crippen molar-refractivity contribution >= 4 is 40.9 Å². The van der Waals surface area contributed by atoms with Crippen LogP contribution in [0.2, 0.25) is 5.02 Å². The van der Waals surface area contributed by atoms with Gasteiger partial charge in [0.1, 0.15) is 5.75 Å². The maximum atomic E-state index is 12.7. The fraction of sp³-hybridized carbons (Fsp3) is 0.333. The molecule has 0 heterocycles. The van der Waals surface area contributed by atoms with Crippen LogP contribution >= 0.6 is 23.4 Å². The molecule has 0 saturated carbocycles. The molecule has 2 rings (SSSR count). The Kier molecular flexibility index (Phi) is 8.20. The maximum absolute atomic E-state index is 12.7. The molecule has 2 aromatic carbocycles. The third-order valence-electron chi connectivity index (χ3n) is 3.74. The lowest BCUT2D eigenvalue weighted by Gasteiger charge is -2.13. The third-order valence-corrected chi connectivity index (χ3v) is 5.10. The van der Waals surface area contributed by atoms with E-state index in [0.29, 0.717) is 34.5 Å². The number of rotatable bonds is 8. The van der Waals surface area contributed by atoms with Crippen LogP contribution < -0.4 is 10.1 Å². The molecule has 0 radical (unpaired) electrons. The van der Waals surface area contributed by atoms with E-state index in [9.17, 15) is 9.59 Å². The molecule has 0 fully saturated rings. The van der Waals surface area contributed by atoms with Crippen LogP contribution in [0.3, 0.4) is 0 Å². The predicted molar refractivity (Wildman–Crippen MR) is 116 cm³/mol. The van der Waals surface area contributed by atoms with Gasteiger partial charge in [0, 0.05) is 24.7 Å². The van der Waals surface area contributed by atoms with Gasteiger partial charge in [-0.15, -0.1) is 11.8 Å². The van der Waals surface area contributed by atoms with Gasteiger partial charge in [-0.05, 0) is 36.2 Å². The van der Waals surface area contributed by atoms with Gasteiger partial charge in [0.25, 0.3) is 5.91 Å². The number of carbonyl (C=O) groups excluding carboxylic acids is 2. The van der Waals surface area contributed by atoms with Crippen LogP contribution in [0.15, 0.2) is 47.4 Å². The highest BCUT2D eigenvalue weighted by molar-refractivity contribution is 8.00. The molecular weight excluding hydrogens is 396 g/mol. The smallest absolute Gasteiger partial charge is 0.256 e. The number of ether oxygens (including phenoxy) is 1. The van der Waals surface area contributed by atoms with Gasteiger partial charge in [-0.2, -0.15) is 0 Å². The van der Waals surface area contributed by atoms with Crippen molar-refractivity contribution < 1.29 is 14.3 Å². The molecule has 0 bridgehead atoms. The van der Waals surface area contributed by atoms with E-state index in [1.54, 1.807) is 44.4 Å². The number of hydrogen-bond donors (Lipinski definition) is 1. The number of carbonyl (C=O) groups is 2. The van der Waals surface area contributed by atoms with E-state index in [-0.39, 0.29) is 17.6 Å².